The van der Waals surface area contributed by atoms with Crippen molar-refractivity contribution in [3.8, 4) is 5.75 Å². The zero-order chi connectivity index (χ0) is 21.3. The van der Waals surface area contributed by atoms with Gasteiger partial charge in [0.1, 0.15) is 12.3 Å². The summed E-state index contributed by atoms with van der Waals surface area (Å²) in [5.41, 5.74) is 1.18. The summed E-state index contributed by atoms with van der Waals surface area (Å²) in [6.07, 6.45) is 0.848. The van der Waals surface area contributed by atoms with Crippen LogP contribution in [0.4, 0.5) is 0 Å². The second kappa shape index (κ2) is 10.9. The Bertz CT molecular complexity index is 784. The van der Waals surface area contributed by atoms with Gasteiger partial charge in [0.05, 0.1) is 7.11 Å². The number of benzene rings is 1. The number of guanidine groups is 1. The SMILES string of the molecule is COc1ccc(CCNC(=NCC(=O)N(C)C)NCC(C)(C)c2cccs2)cc1. The number of ether oxygens (including phenoxy) is 1. The minimum atomic E-state index is -0.0296. The van der Waals surface area contributed by atoms with Crippen LogP contribution in [0.3, 0.4) is 0 Å². The molecule has 0 bridgehead atoms. The summed E-state index contributed by atoms with van der Waals surface area (Å²) in [6, 6.07) is 12.2. The lowest BCUT2D eigenvalue weighted by molar-refractivity contribution is -0.127. The predicted molar refractivity (Wildman–Crippen MR) is 121 cm³/mol. The molecule has 1 aromatic heterocycles. The number of aliphatic imine (C=N–C) groups is 1. The predicted octanol–water partition coefficient (Wildman–Crippen LogP) is 2.90. The summed E-state index contributed by atoms with van der Waals surface area (Å²) in [5, 5.41) is 8.84. The molecule has 0 radical (unpaired) electrons. The molecule has 1 amide bonds. The number of hydrogen-bond acceptors (Lipinski definition) is 4. The third-order valence-corrected chi connectivity index (χ3v) is 5.86. The number of rotatable bonds is 9. The van der Waals surface area contributed by atoms with Crippen LogP contribution in [0.2, 0.25) is 0 Å². The largest absolute Gasteiger partial charge is 0.497 e. The average Bonchev–Trinajstić information content (AvgIpc) is 3.25. The minimum absolute atomic E-state index is 0.0289. The Morgan fingerprint density at radius 1 is 1.17 bits per heavy atom. The standard InChI is InChI=1S/C22H32N4O2S/c1-22(2,19-7-6-14-29-19)16-25-21(24-15-20(27)26(3)4)23-13-12-17-8-10-18(28-5)11-9-17/h6-11,14H,12-13,15-16H2,1-5H3,(H2,23,24,25). The number of likely N-dealkylation sites (N-methyl/N-ethyl adjacent to an activating group) is 1. The molecule has 0 aliphatic heterocycles. The molecule has 0 aliphatic carbocycles. The van der Waals surface area contributed by atoms with Gasteiger partial charge in [-0.1, -0.05) is 32.0 Å². The highest BCUT2D eigenvalue weighted by Crippen LogP contribution is 2.26. The van der Waals surface area contributed by atoms with Crippen LogP contribution in [0.15, 0.2) is 46.8 Å². The highest BCUT2D eigenvalue weighted by atomic mass is 32.1. The van der Waals surface area contributed by atoms with Crippen molar-refractivity contribution in [1.29, 1.82) is 0 Å². The molecule has 2 N–H and O–H groups in total. The van der Waals surface area contributed by atoms with E-state index >= 15 is 0 Å². The molecule has 0 saturated carbocycles. The van der Waals surface area contributed by atoms with Crippen LogP contribution < -0.4 is 15.4 Å². The number of nitrogens with one attached hydrogen (secondary N) is 2. The first-order valence-corrected chi connectivity index (χ1v) is 10.6. The van der Waals surface area contributed by atoms with Gasteiger partial charge in [-0.3, -0.25) is 4.79 Å². The molecule has 2 aromatic rings. The number of thiophene rings is 1. The molecule has 158 valence electrons. The van der Waals surface area contributed by atoms with E-state index in [9.17, 15) is 4.79 Å². The molecule has 7 heteroatoms. The van der Waals surface area contributed by atoms with E-state index in [1.807, 2.05) is 12.1 Å². The maximum Gasteiger partial charge on any atom is 0.243 e. The van der Waals surface area contributed by atoms with Crippen LogP contribution in [0.25, 0.3) is 0 Å². The van der Waals surface area contributed by atoms with Crippen LogP contribution >= 0.6 is 11.3 Å². The van der Waals surface area contributed by atoms with Gasteiger partial charge in [0.25, 0.3) is 0 Å². The van der Waals surface area contributed by atoms with E-state index in [0.717, 1.165) is 18.7 Å². The Morgan fingerprint density at radius 3 is 2.48 bits per heavy atom. The van der Waals surface area contributed by atoms with E-state index in [1.54, 1.807) is 37.4 Å². The lowest BCUT2D eigenvalue weighted by atomic mass is 9.91. The van der Waals surface area contributed by atoms with Gasteiger partial charge in [0, 0.05) is 37.5 Å². The van der Waals surface area contributed by atoms with Gasteiger partial charge in [0.2, 0.25) is 5.91 Å². The summed E-state index contributed by atoms with van der Waals surface area (Å²) >= 11 is 1.75. The van der Waals surface area contributed by atoms with Crippen molar-refractivity contribution < 1.29 is 9.53 Å². The lowest BCUT2D eigenvalue weighted by Crippen LogP contribution is -2.44. The minimum Gasteiger partial charge on any atom is -0.497 e. The van der Waals surface area contributed by atoms with E-state index in [1.165, 1.54) is 10.4 Å². The fourth-order valence-electron chi connectivity index (χ4n) is 2.64. The molecule has 0 fully saturated rings. The third kappa shape index (κ3) is 7.42. The maximum absolute atomic E-state index is 11.9. The van der Waals surface area contributed by atoms with Crippen molar-refractivity contribution in [3.05, 3.63) is 52.2 Å². The van der Waals surface area contributed by atoms with E-state index in [0.29, 0.717) is 12.5 Å². The van der Waals surface area contributed by atoms with E-state index < -0.39 is 0 Å². The van der Waals surface area contributed by atoms with Crippen LogP contribution in [0.1, 0.15) is 24.3 Å². The molecular weight excluding hydrogens is 384 g/mol. The van der Waals surface area contributed by atoms with E-state index in [4.69, 9.17) is 4.74 Å². The smallest absolute Gasteiger partial charge is 0.243 e. The fourth-order valence-corrected chi connectivity index (χ4v) is 3.49. The summed E-state index contributed by atoms with van der Waals surface area (Å²) in [7, 11) is 5.14. The van der Waals surface area contributed by atoms with Gasteiger partial charge in [0.15, 0.2) is 5.96 Å². The zero-order valence-electron chi connectivity index (χ0n) is 18.0. The summed E-state index contributed by atoms with van der Waals surface area (Å²) in [6.45, 7) is 5.95. The number of nitrogens with zero attached hydrogens (tertiary/aromatic N) is 2. The van der Waals surface area contributed by atoms with Crippen LogP contribution in [0.5, 0.6) is 5.75 Å². The van der Waals surface area contributed by atoms with Gasteiger partial charge < -0.3 is 20.3 Å². The number of carbonyl (C=O) groups is 1. The van der Waals surface area contributed by atoms with Gasteiger partial charge in [-0.25, -0.2) is 4.99 Å². The van der Waals surface area contributed by atoms with Gasteiger partial charge in [-0.2, -0.15) is 0 Å². The second-order valence-corrected chi connectivity index (χ2v) is 8.64. The first kappa shape index (κ1) is 22.7. The summed E-state index contributed by atoms with van der Waals surface area (Å²) in [5.74, 6) is 1.47. The van der Waals surface area contributed by atoms with Crippen molar-refractivity contribution in [2.75, 3.05) is 40.8 Å². The molecule has 0 saturated heterocycles. The number of amides is 1. The third-order valence-electron chi connectivity index (χ3n) is 4.62. The number of methoxy groups -OCH3 is 1. The van der Waals surface area contributed by atoms with E-state index in [2.05, 4.69) is 59.1 Å². The molecule has 2 rings (SSSR count). The van der Waals surface area contributed by atoms with Gasteiger partial charge in [-0.05, 0) is 35.6 Å². The van der Waals surface area contributed by atoms with Gasteiger partial charge in [-0.15, -0.1) is 11.3 Å². The number of carbonyl (C=O) groups excluding carboxylic acids is 1. The van der Waals surface area contributed by atoms with Gasteiger partial charge >= 0.3 is 0 Å². The zero-order valence-corrected chi connectivity index (χ0v) is 18.8. The first-order valence-electron chi connectivity index (χ1n) is 9.71. The molecule has 0 spiro atoms. The van der Waals surface area contributed by atoms with Crippen LogP contribution in [-0.4, -0.2) is 57.6 Å². The van der Waals surface area contributed by atoms with Crippen LogP contribution in [-0.2, 0) is 16.6 Å². The monoisotopic (exact) mass is 416 g/mol. The van der Waals surface area contributed by atoms with E-state index in [-0.39, 0.29) is 17.9 Å². The highest BCUT2D eigenvalue weighted by molar-refractivity contribution is 7.10. The Balaban J connectivity index is 1.96. The quantitative estimate of drug-likeness (QED) is 0.487. The average molecular weight is 417 g/mol. The van der Waals surface area contributed by atoms with Crippen molar-refractivity contribution >= 4 is 23.2 Å². The number of hydrogen-bond donors (Lipinski definition) is 2. The molecule has 0 aliphatic rings. The normalized spacial score (nSPS) is 11.8. The van der Waals surface area contributed by atoms with Crippen molar-refractivity contribution in [2.45, 2.75) is 25.7 Å². The molecule has 1 heterocycles. The maximum atomic E-state index is 11.9. The van der Waals surface area contributed by atoms with Crippen molar-refractivity contribution in [2.24, 2.45) is 4.99 Å². The Hall–Kier alpha value is -2.54. The second-order valence-electron chi connectivity index (χ2n) is 7.69. The molecular formula is C22H32N4O2S. The molecule has 6 nitrogen and oxygen atoms in total. The molecule has 1 aromatic carbocycles. The fraction of sp³-hybridized carbons (Fsp3) is 0.455. The topological polar surface area (TPSA) is 66.0 Å². The summed E-state index contributed by atoms with van der Waals surface area (Å²) in [4.78, 5) is 19.3. The Labute approximate surface area is 178 Å². The summed E-state index contributed by atoms with van der Waals surface area (Å²) < 4.78 is 5.20. The van der Waals surface area contributed by atoms with Crippen molar-refractivity contribution in [1.82, 2.24) is 15.5 Å². The first-order chi connectivity index (χ1) is 13.8. The Kier molecular flexibility index (Phi) is 8.51. The molecule has 0 unspecified atom stereocenters. The Morgan fingerprint density at radius 2 is 1.90 bits per heavy atom. The highest BCUT2D eigenvalue weighted by Gasteiger charge is 2.22. The molecule has 29 heavy (non-hydrogen) atoms. The lowest BCUT2D eigenvalue weighted by Gasteiger charge is -2.25. The van der Waals surface area contributed by atoms with Crippen molar-refractivity contribution in [3.63, 3.8) is 0 Å². The molecule has 0 atom stereocenters. The van der Waals surface area contributed by atoms with Crippen LogP contribution in [0, 0.1) is 0 Å².